The monoisotopic (exact) mass is 207 g/mol. The second kappa shape index (κ2) is 3.05. The van der Waals surface area contributed by atoms with Gasteiger partial charge in [0.2, 0.25) is 5.95 Å². The van der Waals surface area contributed by atoms with Gasteiger partial charge in [-0.2, -0.15) is 0 Å². The van der Waals surface area contributed by atoms with E-state index in [1.165, 1.54) is 12.1 Å². The zero-order chi connectivity index (χ0) is 11.0. The predicted molar refractivity (Wildman–Crippen MR) is 53.4 cm³/mol. The fourth-order valence-electron chi connectivity index (χ4n) is 1.16. The molecule has 0 unspecified atom stereocenters. The first-order chi connectivity index (χ1) is 7.09. The van der Waals surface area contributed by atoms with Gasteiger partial charge >= 0.3 is 0 Å². The van der Waals surface area contributed by atoms with Crippen LogP contribution in [0.4, 0.5) is 5.95 Å². The second-order valence-corrected chi connectivity index (χ2v) is 2.96. The third-order valence-corrected chi connectivity index (χ3v) is 1.96. The molecule has 0 spiro atoms. The third-order valence-electron chi connectivity index (χ3n) is 1.96. The molecule has 1 heterocycles. The fraction of sp³-hybridized carbons (Fsp3) is 0. The van der Waals surface area contributed by atoms with Crippen molar-refractivity contribution in [1.29, 1.82) is 0 Å². The average molecular weight is 207 g/mol. The van der Waals surface area contributed by atoms with Crippen LogP contribution in [-0.2, 0) is 0 Å². The van der Waals surface area contributed by atoms with Crippen LogP contribution in [0.1, 0.15) is 0 Å². The Kier molecular flexibility index (Phi) is 1.86. The van der Waals surface area contributed by atoms with Crippen LogP contribution < -0.4 is 11.6 Å². The van der Waals surface area contributed by atoms with Gasteiger partial charge in [-0.05, 0) is 18.2 Å². The smallest absolute Gasteiger partial charge is 0.241 e. The normalized spacial score (nSPS) is 10.4. The molecule has 0 aliphatic carbocycles. The molecule has 0 saturated carbocycles. The Bertz CT molecular complexity index is 508. The number of benzene rings is 1. The SMILES string of the molecule is Nc1nnc(-c2ccc(O)c(O)c2)n1N. The molecule has 15 heavy (non-hydrogen) atoms. The number of anilines is 1. The van der Waals surface area contributed by atoms with Crippen molar-refractivity contribution in [2.24, 2.45) is 0 Å². The first-order valence-electron chi connectivity index (χ1n) is 4.08. The average Bonchev–Trinajstić information content (AvgIpc) is 2.53. The summed E-state index contributed by atoms with van der Waals surface area (Å²) in [7, 11) is 0. The van der Waals surface area contributed by atoms with E-state index in [9.17, 15) is 5.11 Å². The van der Waals surface area contributed by atoms with Crippen molar-refractivity contribution < 1.29 is 10.2 Å². The quantitative estimate of drug-likeness (QED) is 0.374. The maximum atomic E-state index is 9.28. The predicted octanol–water partition coefficient (Wildman–Crippen LogP) is -0.348. The summed E-state index contributed by atoms with van der Waals surface area (Å²) in [6, 6.07) is 4.19. The van der Waals surface area contributed by atoms with Crippen LogP contribution in [0.3, 0.4) is 0 Å². The highest BCUT2D eigenvalue weighted by Crippen LogP contribution is 2.29. The highest BCUT2D eigenvalue weighted by atomic mass is 16.3. The van der Waals surface area contributed by atoms with E-state index >= 15 is 0 Å². The second-order valence-electron chi connectivity index (χ2n) is 2.96. The molecule has 78 valence electrons. The van der Waals surface area contributed by atoms with Crippen molar-refractivity contribution in [2.45, 2.75) is 0 Å². The van der Waals surface area contributed by atoms with Crippen LogP contribution in [0.5, 0.6) is 11.5 Å². The van der Waals surface area contributed by atoms with Crippen LogP contribution in [0.2, 0.25) is 0 Å². The molecule has 0 fully saturated rings. The minimum Gasteiger partial charge on any atom is -0.504 e. The Morgan fingerprint density at radius 1 is 1.13 bits per heavy atom. The van der Waals surface area contributed by atoms with Crippen molar-refractivity contribution >= 4 is 5.95 Å². The standard InChI is InChI=1S/C8H9N5O2/c9-8-12-11-7(13(8)10)4-1-2-5(14)6(15)3-4/h1-3,14-15H,10H2,(H2,9,12). The Hall–Kier alpha value is -2.44. The zero-order valence-corrected chi connectivity index (χ0v) is 7.62. The molecule has 0 aliphatic heterocycles. The fourth-order valence-corrected chi connectivity index (χ4v) is 1.16. The lowest BCUT2D eigenvalue weighted by molar-refractivity contribution is 0.404. The summed E-state index contributed by atoms with van der Waals surface area (Å²) in [6.45, 7) is 0. The molecule has 0 atom stereocenters. The zero-order valence-electron chi connectivity index (χ0n) is 7.62. The number of hydrogen-bond acceptors (Lipinski definition) is 6. The van der Waals surface area contributed by atoms with E-state index in [0.29, 0.717) is 11.4 Å². The molecule has 0 amide bonds. The molecular weight excluding hydrogens is 198 g/mol. The van der Waals surface area contributed by atoms with Gasteiger partial charge in [-0.3, -0.25) is 0 Å². The van der Waals surface area contributed by atoms with Crippen LogP contribution in [0.15, 0.2) is 18.2 Å². The minimum absolute atomic E-state index is 0.0672. The summed E-state index contributed by atoms with van der Waals surface area (Å²) in [4.78, 5) is 0. The van der Waals surface area contributed by atoms with E-state index in [0.717, 1.165) is 4.68 Å². The number of nitrogens with zero attached hydrogens (tertiary/aromatic N) is 3. The number of aromatic hydroxyl groups is 2. The molecule has 1 aromatic heterocycles. The van der Waals surface area contributed by atoms with Gasteiger partial charge in [0.05, 0.1) is 0 Å². The Labute approximate surface area is 84.6 Å². The van der Waals surface area contributed by atoms with E-state index in [1.807, 2.05) is 0 Å². The molecule has 2 rings (SSSR count). The van der Waals surface area contributed by atoms with Crippen LogP contribution in [-0.4, -0.2) is 25.1 Å². The van der Waals surface area contributed by atoms with Crippen molar-refractivity contribution in [2.75, 3.05) is 11.6 Å². The number of hydrogen-bond donors (Lipinski definition) is 4. The lowest BCUT2D eigenvalue weighted by Gasteiger charge is -2.02. The molecule has 0 aliphatic rings. The number of phenolic OH excluding ortho intramolecular Hbond substituents is 2. The van der Waals surface area contributed by atoms with E-state index in [2.05, 4.69) is 10.2 Å². The highest BCUT2D eigenvalue weighted by molar-refractivity contribution is 5.61. The van der Waals surface area contributed by atoms with Gasteiger partial charge in [0.25, 0.3) is 0 Å². The Morgan fingerprint density at radius 2 is 1.87 bits per heavy atom. The topological polar surface area (TPSA) is 123 Å². The van der Waals surface area contributed by atoms with Crippen molar-refractivity contribution in [3.63, 3.8) is 0 Å². The number of rotatable bonds is 1. The summed E-state index contributed by atoms with van der Waals surface area (Å²) in [5.74, 6) is 5.45. The van der Waals surface area contributed by atoms with Gasteiger partial charge in [-0.25, -0.2) is 4.68 Å². The van der Waals surface area contributed by atoms with Gasteiger partial charge in [0.1, 0.15) is 0 Å². The first kappa shape index (κ1) is 9.13. The number of aromatic nitrogens is 3. The maximum absolute atomic E-state index is 9.28. The molecule has 0 bridgehead atoms. The van der Waals surface area contributed by atoms with Gasteiger partial charge < -0.3 is 21.8 Å². The van der Waals surface area contributed by atoms with E-state index in [-0.39, 0.29) is 17.4 Å². The summed E-state index contributed by atoms with van der Waals surface area (Å²) < 4.78 is 1.09. The van der Waals surface area contributed by atoms with Crippen LogP contribution in [0, 0.1) is 0 Å². The molecule has 0 radical (unpaired) electrons. The number of nitrogens with two attached hydrogens (primary N) is 2. The van der Waals surface area contributed by atoms with Crippen LogP contribution in [0.25, 0.3) is 11.4 Å². The summed E-state index contributed by atoms with van der Waals surface area (Å²) in [6.07, 6.45) is 0. The molecule has 1 aromatic carbocycles. The molecule has 7 heteroatoms. The summed E-state index contributed by atoms with van der Waals surface area (Å²) in [5.41, 5.74) is 5.91. The van der Waals surface area contributed by atoms with Gasteiger partial charge in [-0.15, -0.1) is 10.2 Å². The lowest BCUT2D eigenvalue weighted by atomic mass is 10.2. The molecular formula is C8H9N5O2. The van der Waals surface area contributed by atoms with E-state index < -0.39 is 0 Å². The minimum atomic E-state index is -0.255. The van der Waals surface area contributed by atoms with Gasteiger partial charge in [0, 0.05) is 5.56 Å². The first-order valence-corrected chi connectivity index (χ1v) is 4.08. The van der Waals surface area contributed by atoms with Crippen molar-refractivity contribution in [3.05, 3.63) is 18.2 Å². The van der Waals surface area contributed by atoms with Gasteiger partial charge in [0.15, 0.2) is 17.3 Å². The highest BCUT2D eigenvalue weighted by Gasteiger charge is 2.10. The lowest BCUT2D eigenvalue weighted by Crippen LogP contribution is -2.13. The molecule has 0 saturated heterocycles. The summed E-state index contributed by atoms with van der Waals surface area (Å²) in [5, 5.41) is 25.7. The van der Waals surface area contributed by atoms with Crippen molar-refractivity contribution in [1.82, 2.24) is 14.9 Å². The van der Waals surface area contributed by atoms with E-state index in [1.54, 1.807) is 6.07 Å². The van der Waals surface area contributed by atoms with E-state index in [4.69, 9.17) is 16.7 Å². The van der Waals surface area contributed by atoms with Crippen molar-refractivity contribution in [3.8, 4) is 22.9 Å². The van der Waals surface area contributed by atoms with Gasteiger partial charge in [-0.1, -0.05) is 0 Å². The molecule has 7 nitrogen and oxygen atoms in total. The largest absolute Gasteiger partial charge is 0.504 e. The third kappa shape index (κ3) is 1.39. The summed E-state index contributed by atoms with van der Waals surface area (Å²) >= 11 is 0. The maximum Gasteiger partial charge on any atom is 0.241 e. The Morgan fingerprint density at radius 3 is 2.40 bits per heavy atom. The van der Waals surface area contributed by atoms with Crippen LogP contribution >= 0.6 is 0 Å². The molecule has 6 N–H and O–H groups in total. The number of nitrogen functional groups attached to an aromatic ring is 2. The molecule has 2 aromatic rings. The Balaban J connectivity index is 2.55. The number of phenols is 2.